The SMILES string of the molecule is C=CCOc1ccc(C2C(=C(O)c3ccc(OCC)cc3)C(=O)C(=O)N2c2nc3c(C)cc(C)cc3s2)cc1OCC. The fraction of sp³-hybridized carbons (Fsp3) is 0.242. The third-order valence-electron chi connectivity index (χ3n) is 6.85. The highest BCUT2D eigenvalue weighted by molar-refractivity contribution is 7.22. The van der Waals surface area contributed by atoms with Crippen molar-refractivity contribution in [1.29, 1.82) is 0 Å². The van der Waals surface area contributed by atoms with E-state index in [1.807, 2.05) is 39.8 Å². The molecule has 1 aliphatic rings. The summed E-state index contributed by atoms with van der Waals surface area (Å²) < 4.78 is 18.1. The number of benzene rings is 3. The molecule has 216 valence electrons. The van der Waals surface area contributed by atoms with E-state index >= 15 is 0 Å². The molecular weight excluding hydrogens is 552 g/mol. The van der Waals surface area contributed by atoms with Crippen LogP contribution in [0.15, 0.2) is 72.8 Å². The molecule has 1 amide bonds. The number of carbonyl (C=O) groups is 2. The number of fused-ring (bicyclic) bond motifs is 1. The number of hydrogen-bond donors (Lipinski definition) is 1. The number of aryl methyl sites for hydroxylation is 2. The van der Waals surface area contributed by atoms with Crippen molar-refractivity contribution in [3.05, 3.63) is 95.1 Å². The molecule has 1 fully saturated rings. The van der Waals surface area contributed by atoms with Crippen LogP contribution in [0.1, 0.15) is 42.1 Å². The Bertz CT molecular complexity index is 1710. The molecule has 9 heteroatoms. The van der Waals surface area contributed by atoms with Crippen molar-refractivity contribution >= 4 is 44.1 Å². The van der Waals surface area contributed by atoms with Gasteiger partial charge in [0.1, 0.15) is 18.1 Å². The molecule has 42 heavy (non-hydrogen) atoms. The third kappa shape index (κ3) is 5.35. The van der Waals surface area contributed by atoms with Crippen LogP contribution in [0.4, 0.5) is 5.13 Å². The van der Waals surface area contributed by atoms with Gasteiger partial charge in [0.2, 0.25) is 0 Å². The highest BCUT2D eigenvalue weighted by Gasteiger charge is 2.48. The smallest absolute Gasteiger partial charge is 0.301 e. The zero-order valence-corrected chi connectivity index (χ0v) is 24.8. The second-order valence-corrected chi connectivity index (χ2v) is 10.8. The maximum atomic E-state index is 13.7. The monoisotopic (exact) mass is 584 g/mol. The summed E-state index contributed by atoms with van der Waals surface area (Å²) in [4.78, 5) is 33.6. The first-order valence-corrected chi connectivity index (χ1v) is 14.5. The van der Waals surface area contributed by atoms with E-state index in [1.54, 1.807) is 48.5 Å². The number of Topliss-reactive ketones (excluding diaryl/α,β-unsaturated/α-hetero) is 1. The van der Waals surface area contributed by atoms with E-state index in [1.165, 1.54) is 16.2 Å². The minimum absolute atomic E-state index is 0.0430. The lowest BCUT2D eigenvalue weighted by Gasteiger charge is -2.24. The maximum Gasteiger partial charge on any atom is 0.301 e. The number of carbonyl (C=O) groups excluding carboxylic acids is 2. The number of aliphatic hydroxyl groups is 1. The van der Waals surface area contributed by atoms with Gasteiger partial charge >= 0.3 is 5.91 Å². The van der Waals surface area contributed by atoms with Gasteiger partial charge in [0.05, 0.1) is 35.0 Å². The summed E-state index contributed by atoms with van der Waals surface area (Å²) in [6, 6.07) is 15.0. The van der Waals surface area contributed by atoms with Gasteiger partial charge in [0, 0.05) is 5.56 Å². The predicted molar refractivity (Wildman–Crippen MR) is 165 cm³/mol. The lowest BCUT2D eigenvalue weighted by Crippen LogP contribution is -2.29. The van der Waals surface area contributed by atoms with Gasteiger partial charge in [-0.05, 0) is 86.8 Å². The number of rotatable bonds is 10. The number of amides is 1. The molecule has 1 N–H and O–H groups in total. The van der Waals surface area contributed by atoms with Crippen molar-refractivity contribution in [1.82, 2.24) is 4.98 Å². The molecule has 1 saturated heterocycles. The maximum absolute atomic E-state index is 13.7. The highest BCUT2D eigenvalue weighted by atomic mass is 32.1. The Labute approximate surface area is 248 Å². The van der Waals surface area contributed by atoms with Crippen molar-refractivity contribution in [3.8, 4) is 17.2 Å². The van der Waals surface area contributed by atoms with Crippen molar-refractivity contribution < 1.29 is 28.9 Å². The summed E-state index contributed by atoms with van der Waals surface area (Å²) in [6.45, 7) is 12.5. The van der Waals surface area contributed by atoms with Gasteiger partial charge < -0.3 is 19.3 Å². The summed E-state index contributed by atoms with van der Waals surface area (Å²) in [5, 5.41) is 11.9. The van der Waals surface area contributed by atoms with Gasteiger partial charge in [-0.25, -0.2) is 4.98 Å². The van der Waals surface area contributed by atoms with Crippen LogP contribution in [0.5, 0.6) is 17.2 Å². The lowest BCUT2D eigenvalue weighted by molar-refractivity contribution is -0.132. The van der Waals surface area contributed by atoms with Gasteiger partial charge in [-0.3, -0.25) is 14.5 Å². The van der Waals surface area contributed by atoms with Crippen molar-refractivity contribution in [2.75, 3.05) is 24.7 Å². The average molecular weight is 585 g/mol. The van der Waals surface area contributed by atoms with Crippen LogP contribution in [0, 0.1) is 13.8 Å². The van der Waals surface area contributed by atoms with E-state index in [0.717, 1.165) is 21.3 Å². The molecule has 0 spiro atoms. The lowest BCUT2D eigenvalue weighted by atomic mass is 9.95. The third-order valence-corrected chi connectivity index (χ3v) is 7.85. The molecule has 2 heterocycles. The van der Waals surface area contributed by atoms with Crippen LogP contribution >= 0.6 is 11.3 Å². The Morgan fingerprint density at radius 2 is 1.74 bits per heavy atom. The molecule has 1 unspecified atom stereocenters. The van der Waals surface area contributed by atoms with Crippen LogP contribution in [-0.2, 0) is 9.59 Å². The predicted octanol–water partition coefficient (Wildman–Crippen LogP) is 6.90. The molecule has 5 rings (SSSR count). The van der Waals surface area contributed by atoms with E-state index in [9.17, 15) is 14.7 Å². The number of ketones is 1. The van der Waals surface area contributed by atoms with E-state index in [0.29, 0.717) is 46.7 Å². The van der Waals surface area contributed by atoms with Gasteiger partial charge in [-0.1, -0.05) is 36.1 Å². The molecule has 8 nitrogen and oxygen atoms in total. The van der Waals surface area contributed by atoms with E-state index in [2.05, 4.69) is 6.58 Å². The Balaban J connectivity index is 1.71. The van der Waals surface area contributed by atoms with Crippen LogP contribution in [-0.4, -0.2) is 41.6 Å². The molecule has 0 aliphatic carbocycles. The number of ether oxygens (including phenoxy) is 3. The molecule has 0 bridgehead atoms. The normalized spacial score (nSPS) is 16.2. The summed E-state index contributed by atoms with van der Waals surface area (Å²) in [5.41, 5.74) is 3.70. The molecule has 3 aromatic carbocycles. The summed E-state index contributed by atoms with van der Waals surface area (Å²) in [5.74, 6) is -0.298. The Morgan fingerprint density at radius 1 is 1.00 bits per heavy atom. The second kappa shape index (κ2) is 12.1. The van der Waals surface area contributed by atoms with Crippen molar-refractivity contribution in [2.24, 2.45) is 0 Å². The zero-order chi connectivity index (χ0) is 30.0. The number of aromatic nitrogens is 1. The molecule has 4 aromatic rings. The van der Waals surface area contributed by atoms with Gasteiger partial charge in [0.15, 0.2) is 16.6 Å². The van der Waals surface area contributed by atoms with Crippen molar-refractivity contribution in [3.63, 3.8) is 0 Å². The molecule has 0 radical (unpaired) electrons. The van der Waals surface area contributed by atoms with Crippen LogP contribution in [0.25, 0.3) is 16.0 Å². The minimum atomic E-state index is -0.966. The van der Waals surface area contributed by atoms with Crippen LogP contribution in [0.2, 0.25) is 0 Å². The molecule has 1 aromatic heterocycles. The Kier molecular flexibility index (Phi) is 8.31. The molecular formula is C33H32N2O6S. The Hall–Kier alpha value is -4.63. The summed E-state index contributed by atoms with van der Waals surface area (Å²) in [6.07, 6.45) is 1.63. The Morgan fingerprint density at radius 3 is 2.43 bits per heavy atom. The first-order valence-electron chi connectivity index (χ1n) is 13.7. The topological polar surface area (TPSA) is 98.2 Å². The van der Waals surface area contributed by atoms with Gasteiger partial charge in [-0.2, -0.15) is 0 Å². The van der Waals surface area contributed by atoms with Crippen LogP contribution < -0.4 is 19.1 Å². The first kappa shape index (κ1) is 28.9. The molecule has 0 saturated carbocycles. The number of anilines is 1. The second-order valence-electron chi connectivity index (χ2n) is 9.79. The average Bonchev–Trinajstić information content (AvgIpc) is 3.51. The van der Waals surface area contributed by atoms with Crippen molar-refractivity contribution in [2.45, 2.75) is 33.7 Å². The fourth-order valence-electron chi connectivity index (χ4n) is 5.07. The zero-order valence-electron chi connectivity index (χ0n) is 24.0. The quantitative estimate of drug-likeness (QED) is 0.0937. The molecule has 1 atom stereocenters. The largest absolute Gasteiger partial charge is 0.507 e. The summed E-state index contributed by atoms with van der Waals surface area (Å²) >= 11 is 1.33. The van der Waals surface area contributed by atoms with E-state index < -0.39 is 17.7 Å². The number of aliphatic hydroxyl groups excluding tert-OH is 1. The standard InChI is InChI=1S/C33H32N2O6S/c1-6-15-41-24-14-11-22(18-25(24)40-8-3)29-27(30(36)21-9-12-23(13-10-21)39-7-2)31(37)32(38)35(29)33-34-28-20(5)16-19(4)17-26(28)42-33/h6,9-14,16-18,29,36H,1,7-8,15H2,2-5H3. The van der Waals surface area contributed by atoms with Crippen LogP contribution in [0.3, 0.4) is 0 Å². The van der Waals surface area contributed by atoms with E-state index in [4.69, 9.17) is 19.2 Å². The fourth-order valence-corrected chi connectivity index (χ4v) is 6.24. The number of nitrogens with zero attached hydrogens (tertiary/aromatic N) is 2. The van der Waals surface area contributed by atoms with Gasteiger partial charge in [0.25, 0.3) is 5.78 Å². The first-order chi connectivity index (χ1) is 20.3. The summed E-state index contributed by atoms with van der Waals surface area (Å²) in [7, 11) is 0. The number of hydrogen-bond acceptors (Lipinski definition) is 8. The minimum Gasteiger partial charge on any atom is -0.507 e. The van der Waals surface area contributed by atoms with E-state index in [-0.39, 0.29) is 17.9 Å². The van der Waals surface area contributed by atoms with Gasteiger partial charge in [-0.15, -0.1) is 0 Å². The highest BCUT2D eigenvalue weighted by Crippen LogP contribution is 2.46. The number of thiazole rings is 1. The molecule has 1 aliphatic heterocycles.